The van der Waals surface area contributed by atoms with Crippen molar-refractivity contribution in [2.24, 2.45) is 11.8 Å². The molecular weight excluding hydrogens is 419 g/mol. The number of anilines is 1. The van der Waals surface area contributed by atoms with Gasteiger partial charge in [0.1, 0.15) is 11.4 Å². The van der Waals surface area contributed by atoms with Gasteiger partial charge in [0.05, 0.1) is 11.8 Å². The molecule has 3 heterocycles. The number of pyridine rings is 1. The Labute approximate surface area is 185 Å². The first-order valence-electron chi connectivity index (χ1n) is 11.4. The van der Waals surface area contributed by atoms with Crippen molar-refractivity contribution in [3.05, 3.63) is 29.6 Å². The first-order chi connectivity index (χ1) is 15.2. The Morgan fingerprint density at radius 3 is 2.53 bits per heavy atom. The van der Waals surface area contributed by atoms with Crippen LogP contribution in [0.5, 0.6) is 0 Å². The first-order valence-corrected chi connectivity index (χ1v) is 11.4. The molecule has 0 amide bonds. The molecule has 2 N–H and O–H groups in total. The molecule has 0 spiro atoms. The van der Waals surface area contributed by atoms with E-state index in [1.807, 2.05) is 24.6 Å². The van der Waals surface area contributed by atoms with E-state index < -0.39 is 17.6 Å². The van der Waals surface area contributed by atoms with Crippen LogP contribution in [-0.4, -0.2) is 52.0 Å². The van der Waals surface area contributed by atoms with Crippen LogP contribution in [0.3, 0.4) is 0 Å². The molecule has 5 atom stereocenters. The zero-order chi connectivity index (χ0) is 22.8. The van der Waals surface area contributed by atoms with E-state index in [-0.39, 0.29) is 11.6 Å². The van der Waals surface area contributed by atoms with Gasteiger partial charge in [0, 0.05) is 55.7 Å². The minimum atomic E-state index is -4.59. The van der Waals surface area contributed by atoms with Crippen molar-refractivity contribution in [3.63, 3.8) is 0 Å². The molecule has 0 radical (unpaired) electrons. The van der Waals surface area contributed by atoms with Crippen LogP contribution >= 0.6 is 0 Å². The Morgan fingerprint density at radius 1 is 1.22 bits per heavy atom. The Bertz CT molecular complexity index is 992. The van der Waals surface area contributed by atoms with E-state index in [0.29, 0.717) is 35.6 Å². The van der Waals surface area contributed by atoms with Gasteiger partial charge in [0.25, 0.3) is 0 Å². The lowest BCUT2D eigenvalue weighted by atomic mass is 10.0. The number of halogens is 3. The van der Waals surface area contributed by atoms with Gasteiger partial charge >= 0.3 is 6.18 Å². The topological polar surface area (TPSA) is 69.2 Å². The van der Waals surface area contributed by atoms with E-state index in [1.54, 1.807) is 7.11 Å². The molecule has 2 aromatic rings. The van der Waals surface area contributed by atoms with Gasteiger partial charge in [-0.25, -0.2) is 4.98 Å². The average molecular weight is 450 g/mol. The quantitative estimate of drug-likeness (QED) is 0.736. The number of aromatic nitrogens is 3. The summed E-state index contributed by atoms with van der Waals surface area (Å²) in [5, 5.41) is 4.61. The Balaban J connectivity index is 1.40. The zero-order valence-corrected chi connectivity index (χ0v) is 18.6. The lowest BCUT2D eigenvalue weighted by Crippen LogP contribution is -2.33. The van der Waals surface area contributed by atoms with Crippen molar-refractivity contribution in [2.45, 2.75) is 63.4 Å². The molecule has 5 rings (SSSR count). The molecule has 3 fully saturated rings. The second-order valence-corrected chi connectivity index (χ2v) is 9.73. The fourth-order valence-corrected chi connectivity index (χ4v) is 6.02. The lowest BCUT2D eigenvalue weighted by molar-refractivity contribution is -0.136. The van der Waals surface area contributed by atoms with E-state index in [2.05, 4.69) is 15.0 Å². The molecular formula is C23H30F3N5O. The molecule has 2 aromatic heterocycles. The van der Waals surface area contributed by atoms with Crippen LogP contribution in [0.4, 0.5) is 19.0 Å². The highest BCUT2D eigenvalue weighted by Crippen LogP contribution is 2.64. The third-order valence-corrected chi connectivity index (χ3v) is 7.58. The van der Waals surface area contributed by atoms with E-state index in [4.69, 9.17) is 10.5 Å². The summed E-state index contributed by atoms with van der Waals surface area (Å²) in [7, 11) is 1.78. The van der Waals surface area contributed by atoms with Crippen molar-refractivity contribution in [2.75, 3.05) is 25.9 Å². The van der Waals surface area contributed by atoms with Gasteiger partial charge in [-0.3, -0.25) is 9.58 Å². The summed E-state index contributed by atoms with van der Waals surface area (Å²) in [5.41, 5.74) is 6.07. The number of fused-ring (bicyclic) bond motifs is 1. The van der Waals surface area contributed by atoms with Crippen LogP contribution < -0.4 is 5.73 Å². The third kappa shape index (κ3) is 3.59. The summed E-state index contributed by atoms with van der Waals surface area (Å²) in [6, 6.07) is 3.86. The number of hydrogen-bond acceptors (Lipinski definition) is 5. The molecule has 0 bridgehead atoms. The number of rotatable bonds is 5. The van der Waals surface area contributed by atoms with Gasteiger partial charge in [0.15, 0.2) is 0 Å². The number of hydrogen-bond donors (Lipinski definition) is 1. The summed E-state index contributed by atoms with van der Waals surface area (Å²) < 4.78 is 48.5. The van der Waals surface area contributed by atoms with Crippen LogP contribution in [0.2, 0.25) is 0 Å². The maximum absolute atomic E-state index is 13.7. The average Bonchev–Trinajstić information content (AvgIpc) is 3.21. The summed E-state index contributed by atoms with van der Waals surface area (Å²) in [6.07, 6.45) is 0.429. The Kier molecular flexibility index (Phi) is 5.24. The molecule has 32 heavy (non-hydrogen) atoms. The minimum Gasteiger partial charge on any atom is -0.383 e. The molecule has 3 aliphatic rings. The van der Waals surface area contributed by atoms with Gasteiger partial charge in [-0.1, -0.05) is 0 Å². The maximum atomic E-state index is 13.7. The largest absolute Gasteiger partial charge is 0.420 e. The van der Waals surface area contributed by atoms with Gasteiger partial charge in [0.2, 0.25) is 0 Å². The van der Waals surface area contributed by atoms with E-state index in [9.17, 15) is 13.2 Å². The molecule has 9 heteroatoms. The number of nitrogen functional groups attached to an aromatic ring is 1. The second-order valence-electron chi connectivity index (χ2n) is 9.73. The van der Waals surface area contributed by atoms with Crippen LogP contribution in [0.25, 0.3) is 11.3 Å². The molecule has 2 saturated carbocycles. The van der Waals surface area contributed by atoms with Gasteiger partial charge < -0.3 is 10.5 Å². The van der Waals surface area contributed by atoms with Gasteiger partial charge in [-0.2, -0.15) is 18.3 Å². The number of likely N-dealkylation sites (tertiary alicyclic amines) is 1. The van der Waals surface area contributed by atoms with Crippen molar-refractivity contribution in [1.29, 1.82) is 0 Å². The zero-order valence-electron chi connectivity index (χ0n) is 18.6. The second kappa shape index (κ2) is 7.73. The predicted molar refractivity (Wildman–Crippen MR) is 115 cm³/mol. The van der Waals surface area contributed by atoms with Crippen LogP contribution in [0, 0.1) is 11.8 Å². The Morgan fingerprint density at radius 2 is 1.94 bits per heavy atom. The van der Waals surface area contributed by atoms with E-state index >= 15 is 0 Å². The third-order valence-electron chi connectivity index (χ3n) is 7.58. The van der Waals surface area contributed by atoms with E-state index in [1.165, 1.54) is 12.3 Å². The molecule has 2 unspecified atom stereocenters. The minimum absolute atomic E-state index is 0.00277. The summed E-state index contributed by atoms with van der Waals surface area (Å²) in [4.78, 5) is 6.21. The monoisotopic (exact) mass is 449 g/mol. The van der Waals surface area contributed by atoms with Crippen molar-refractivity contribution in [1.82, 2.24) is 19.7 Å². The maximum Gasteiger partial charge on any atom is 0.420 e. The van der Waals surface area contributed by atoms with E-state index in [0.717, 1.165) is 38.0 Å². The van der Waals surface area contributed by atoms with Crippen LogP contribution in [0.1, 0.15) is 56.3 Å². The number of nitrogens with zero attached hydrogens (tertiary/aromatic N) is 4. The number of nitrogens with two attached hydrogens (primary N) is 1. The SMILES string of the molecule is CO[C@H]1CCN(C2C[C@@H]3C(c4cc(-c5ccnc(N)c5C(F)(F)F)nn4C(C)C)[C@@H]3C2)C1. The van der Waals surface area contributed by atoms with Crippen molar-refractivity contribution in [3.8, 4) is 11.3 Å². The highest BCUT2D eigenvalue weighted by molar-refractivity contribution is 5.70. The molecule has 1 aliphatic heterocycles. The van der Waals surface area contributed by atoms with Crippen LogP contribution in [0.15, 0.2) is 18.3 Å². The smallest absolute Gasteiger partial charge is 0.383 e. The number of methoxy groups -OCH3 is 1. The lowest BCUT2D eigenvalue weighted by Gasteiger charge is -2.26. The number of ether oxygens (including phenoxy) is 1. The van der Waals surface area contributed by atoms with Crippen molar-refractivity contribution >= 4 is 5.82 Å². The predicted octanol–water partition coefficient (Wildman–Crippen LogP) is 4.34. The first kappa shape index (κ1) is 21.7. The molecule has 2 aliphatic carbocycles. The van der Waals surface area contributed by atoms with Gasteiger partial charge in [-0.15, -0.1) is 0 Å². The summed E-state index contributed by atoms with van der Waals surface area (Å²) in [5.74, 6) is 1.01. The standard InChI is InChI=1S/C23H30F3N5O/c1-12(2)31-19(10-18(29-31)15-4-6-28-22(27)21(15)23(24,25)26)20-16-8-13(9-17(16)20)30-7-5-14(11-30)32-3/h4,6,10,12-14,16-17,20H,5,7-9,11H2,1-3H3,(H2,27,28)/t13?,14-,16-,17+,20?/m0/s1. The van der Waals surface area contributed by atoms with Gasteiger partial charge in [-0.05, 0) is 57.1 Å². The molecule has 174 valence electrons. The highest BCUT2D eigenvalue weighted by Gasteiger charge is 2.59. The fraction of sp³-hybridized carbons (Fsp3) is 0.652. The molecule has 0 aromatic carbocycles. The fourth-order valence-electron chi connectivity index (χ4n) is 6.02. The highest BCUT2D eigenvalue weighted by atomic mass is 19.4. The summed E-state index contributed by atoms with van der Waals surface area (Å²) >= 11 is 0. The Hall–Kier alpha value is -2.13. The molecule has 1 saturated heterocycles. The van der Waals surface area contributed by atoms with Crippen molar-refractivity contribution < 1.29 is 17.9 Å². The normalized spacial score (nSPS) is 30.3. The number of alkyl halides is 3. The molecule has 6 nitrogen and oxygen atoms in total. The summed E-state index contributed by atoms with van der Waals surface area (Å²) in [6.45, 7) is 6.12. The van der Waals surface area contributed by atoms with Crippen LogP contribution in [-0.2, 0) is 10.9 Å².